The molecule has 1 amide bonds. The number of ether oxygens (including phenoxy) is 2. The summed E-state index contributed by atoms with van der Waals surface area (Å²) in [6.45, 7) is 1.84. The summed E-state index contributed by atoms with van der Waals surface area (Å²) in [6.07, 6.45) is 3.38. The Kier molecular flexibility index (Phi) is 5.74. The van der Waals surface area contributed by atoms with Gasteiger partial charge in [0.25, 0.3) is 0 Å². The topological polar surface area (TPSA) is 64.5 Å². The summed E-state index contributed by atoms with van der Waals surface area (Å²) < 4.78 is 11.3. The highest BCUT2D eigenvalue weighted by molar-refractivity contribution is 5.77. The zero-order valence-corrected chi connectivity index (χ0v) is 13.5. The second kappa shape index (κ2) is 8.40. The van der Waals surface area contributed by atoms with Gasteiger partial charge in [0.2, 0.25) is 11.8 Å². The fourth-order valence-electron chi connectivity index (χ4n) is 2.70. The monoisotopic (exact) mass is 327 g/mol. The third-order valence-electron chi connectivity index (χ3n) is 3.90. The van der Waals surface area contributed by atoms with E-state index in [0.717, 1.165) is 24.9 Å². The van der Waals surface area contributed by atoms with Gasteiger partial charge in [-0.05, 0) is 24.5 Å². The zero-order valence-electron chi connectivity index (χ0n) is 13.5. The summed E-state index contributed by atoms with van der Waals surface area (Å²) >= 11 is 0. The van der Waals surface area contributed by atoms with Crippen molar-refractivity contribution in [3.63, 3.8) is 0 Å². The lowest BCUT2D eigenvalue weighted by molar-refractivity contribution is -0.139. The molecule has 3 rings (SSSR count). The highest BCUT2D eigenvalue weighted by Gasteiger charge is 2.25. The molecule has 6 nitrogen and oxygen atoms in total. The summed E-state index contributed by atoms with van der Waals surface area (Å²) in [4.78, 5) is 14.1. The van der Waals surface area contributed by atoms with Crippen LogP contribution in [0.1, 0.15) is 18.4 Å². The van der Waals surface area contributed by atoms with Gasteiger partial charge < -0.3 is 14.4 Å². The number of likely N-dealkylation sites (tertiary alicyclic amines) is 1. The third kappa shape index (κ3) is 4.76. The van der Waals surface area contributed by atoms with E-state index in [1.54, 1.807) is 23.2 Å². The normalized spacial score (nSPS) is 17.5. The minimum absolute atomic E-state index is 0.00150. The molecule has 2 heterocycles. The van der Waals surface area contributed by atoms with Crippen molar-refractivity contribution < 1.29 is 14.3 Å². The molecule has 1 fully saturated rings. The maximum Gasteiger partial charge on any atom is 0.248 e. The molecule has 0 spiro atoms. The highest BCUT2D eigenvalue weighted by atomic mass is 16.5. The standard InChI is InChI=1S/C18H21N3O3/c22-18(14-23-13-15-6-2-1-3-7-15)21-11-5-8-16(12-21)24-17-9-4-10-19-20-17/h1-4,6-7,9-10,16H,5,8,11-14H2/t16-/m0/s1. The van der Waals surface area contributed by atoms with E-state index in [1.807, 2.05) is 30.3 Å². The molecule has 1 aliphatic rings. The minimum atomic E-state index is -0.0477. The summed E-state index contributed by atoms with van der Waals surface area (Å²) in [5, 5.41) is 7.72. The molecule has 126 valence electrons. The molecule has 0 saturated carbocycles. The Morgan fingerprint density at radius 1 is 1.21 bits per heavy atom. The van der Waals surface area contributed by atoms with Crippen LogP contribution < -0.4 is 4.74 Å². The van der Waals surface area contributed by atoms with Gasteiger partial charge in [-0.1, -0.05) is 30.3 Å². The first-order chi connectivity index (χ1) is 11.8. The number of benzene rings is 1. The van der Waals surface area contributed by atoms with Crippen molar-refractivity contribution in [3.8, 4) is 5.88 Å². The molecule has 1 aromatic carbocycles. The van der Waals surface area contributed by atoms with Crippen LogP contribution in [0.15, 0.2) is 48.7 Å². The van der Waals surface area contributed by atoms with E-state index in [2.05, 4.69) is 10.2 Å². The van der Waals surface area contributed by atoms with Crippen LogP contribution in [0.2, 0.25) is 0 Å². The van der Waals surface area contributed by atoms with Gasteiger partial charge in [0.15, 0.2) is 0 Å². The smallest absolute Gasteiger partial charge is 0.248 e. The molecule has 1 aliphatic heterocycles. The third-order valence-corrected chi connectivity index (χ3v) is 3.90. The van der Waals surface area contributed by atoms with E-state index in [0.29, 0.717) is 19.0 Å². The van der Waals surface area contributed by atoms with Crippen LogP contribution in [-0.4, -0.2) is 46.8 Å². The van der Waals surface area contributed by atoms with Gasteiger partial charge >= 0.3 is 0 Å². The van der Waals surface area contributed by atoms with Gasteiger partial charge in [-0.2, -0.15) is 5.10 Å². The molecular formula is C18H21N3O3. The lowest BCUT2D eigenvalue weighted by atomic mass is 10.1. The number of piperidine rings is 1. The molecule has 1 aromatic heterocycles. The molecule has 2 aromatic rings. The number of carbonyl (C=O) groups excluding carboxylic acids is 1. The molecule has 6 heteroatoms. The minimum Gasteiger partial charge on any atom is -0.471 e. The van der Waals surface area contributed by atoms with Crippen molar-refractivity contribution in [1.82, 2.24) is 15.1 Å². The van der Waals surface area contributed by atoms with Crippen LogP contribution in [0.3, 0.4) is 0 Å². The van der Waals surface area contributed by atoms with Crippen molar-refractivity contribution >= 4 is 5.91 Å². The average Bonchev–Trinajstić information content (AvgIpc) is 2.64. The van der Waals surface area contributed by atoms with Crippen molar-refractivity contribution in [3.05, 3.63) is 54.2 Å². The van der Waals surface area contributed by atoms with E-state index >= 15 is 0 Å². The second-order valence-electron chi connectivity index (χ2n) is 5.76. The molecule has 0 radical (unpaired) electrons. The number of amides is 1. The lowest BCUT2D eigenvalue weighted by Crippen LogP contribution is -2.45. The van der Waals surface area contributed by atoms with Gasteiger partial charge in [-0.15, -0.1) is 5.10 Å². The number of nitrogens with zero attached hydrogens (tertiary/aromatic N) is 3. The van der Waals surface area contributed by atoms with Crippen molar-refractivity contribution in [2.45, 2.75) is 25.6 Å². The molecular weight excluding hydrogens is 306 g/mol. The molecule has 1 atom stereocenters. The quantitative estimate of drug-likeness (QED) is 0.812. The van der Waals surface area contributed by atoms with Gasteiger partial charge in [-0.3, -0.25) is 4.79 Å². The first-order valence-electron chi connectivity index (χ1n) is 8.15. The Hall–Kier alpha value is -2.47. The van der Waals surface area contributed by atoms with E-state index in [4.69, 9.17) is 9.47 Å². The Balaban J connectivity index is 1.44. The Morgan fingerprint density at radius 2 is 2.08 bits per heavy atom. The fraction of sp³-hybridized carbons (Fsp3) is 0.389. The number of carbonyl (C=O) groups is 1. The Labute approximate surface area is 141 Å². The fourth-order valence-corrected chi connectivity index (χ4v) is 2.70. The number of hydrogen-bond acceptors (Lipinski definition) is 5. The average molecular weight is 327 g/mol. The molecule has 24 heavy (non-hydrogen) atoms. The maximum atomic E-state index is 12.3. The molecule has 0 N–H and O–H groups in total. The van der Waals surface area contributed by atoms with E-state index in [9.17, 15) is 4.79 Å². The first kappa shape index (κ1) is 16.4. The summed E-state index contributed by atoms with van der Waals surface area (Å²) in [6, 6.07) is 13.4. The molecule has 1 saturated heterocycles. The van der Waals surface area contributed by atoms with Gasteiger partial charge in [-0.25, -0.2) is 0 Å². The van der Waals surface area contributed by atoms with E-state index < -0.39 is 0 Å². The van der Waals surface area contributed by atoms with Crippen molar-refractivity contribution in [2.75, 3.05) is 19.7 Å². The molecule has 0 unspecified atom stereocenters. The van der Waals surface area contributed by atoms with Crippen LogP contribution in [0.25, 0.3) is 0 Å². The maximum absolute atomic E-state index is 12.3. The summed E-state index contributed by atoms with van der Waals surface area (Å²) in [7, 11) is 0. The summed E-state index contributed by atoms with van der Waals surface area (Å²) in [5.41, 5.74) is 1.06. The van der Waals surface area contributed by atoms with Crippen molar-refractivity contribution in [2.24, 2.45) is 0 Å². The van der Waals surface area contributed by atoms with E-state index in [-0.39, 0.29) is 18.6 Å². The van der Waals surface area contributed by atoms with Crippen molar-refractivity contribution in [1.29, 1.82) is 0 Å². The van der Waals surface area contributed by atoms with Crippen LogP contribution in [-0.2, 0) is 16.1 Å². The largest absolute Gasteiger partial charge is 0.471 e. The zero-order chi connectivity index (χ0) is 16.6. The number of rotatable bonds is 6. The predicted octanol–water partition coefficient (Wildman–Crippen LogP) is 2.06. The molecule has 0 aliphatic carbocycles. The Morgan fingerprint density at radius 3 is 2.88 bits per heavy atom. The lowest BCUT2D eigenvalue weighted by Gasteiger charge is -2.32. The highest BCUT2D eigenvalue weighted by Crippen LogP contribution is 2.16. The first-order valence-corrected chi connectivity index (χ1v) is 8.15. The second-order valence-corrected chi connectivity index (χ2v) is 5.76. The van der Waals surface area contributed by atoms with Crippen LogP contribution >= 0.6 is 0 Å². The van der Waals surface area contributed by atoms with Crippen LogP contribution in [0, 0.1) is 0 Å². The predicted molar refractivity (Wildman–Crippen MR) is 88.4 cm³/mol. The molecule has 0 bridgehead atoms. The van der Waals surface area contributed by atoms with Crippen LogP contribution in [0.5, 0.6) is 5.88 Å². The number of aromatic nitrogens is 2. The van der Waals surface area contributed by atoms with E-state index in [1.165, 1.54) is 0 Å². The van der Waals surface area contributed by atoms with Gasteiger partial charge in [0.05, 0.1) is 13.2 Å². The van der Waals surface area contributed by atoms with Crippen LogP contribution in [0.4, 0.5) is 0 Å². The Bertz CT molecular complexity index is 636. The summed E-state index contributed by atoms with van der Waals surface area (Å²) in [5.74, 6) is 0.496. The number of hydrogen-bond donors (Lipinski definition) is 0. The van der Waals surface area contributed by atoms with Gasteiger partial charge in [0.1, 0.15) is 12.7 Å². The van der Waals surface area contributed by atoms with Gasteiger partial charge in [0, 0.05) is 18.8 Å². The SMILES string of the molecule is O=C(COCc1ccccc1)N1CCC[C@H](Oc2cccnn2)C1.